The smallest absolute Gasteiger partial charge is 0.134 e. The molecule has 1 atom stereocenters. The lowest BCUT2D eigenvalue weighted by Crippen LogP contribution is -2.21. The van der Waals surface area contributed by atoms with E-state index in [1.807, 2.05) is 6.07 Å². The molecule has 3 rings (SSSR count). The van der Waals surface area contributed by atoms with Crippen molar-refractivity contribution < 1.29 is 4.42 Å². The Hall–Kier alpha value is -1.58. The largest absolute Gasteiger partial charge is 0.459 e. The van der Waals surface area contributed by atoms with Gasteiger partial charge in [0.25, 0.3) is 0 Å². The summed E-state index contributed by atoms with van der Waals surface area (Å²) >= 11 is 3.48. The van der Waals surface area contributed by atoms with E-state index in [-0.39, 0.29) is 6.04 Å². The highest BCUT2D eigenvalue weighted by Crippen LogP contribution is 2.29. The van der Waals surface area contributed by atoms with Gasteiger partial charge in [-0.2, -0.15) is 0 Å². The average molecular weight is 344 g/mol. The molecular weight excluding hydrogens is 326 g/mol. The molecule has 1 heterocycles. The zero-order valence-corrected chi connectivity index (χ0v) is 13.8. The first-order valence-corrected chi connectivity index (χ1v) is 7.95. The van der Waals surface area contributed by atoms with Gasteiger partial charge in [0.1, 0.15) is 11.3 Å². The molecule has 108 valence electrons. The average Bonchev–Trinajstić information content (AvgIpc) is 2.88. The Kier molecular flexibility index (Phi) is 4.13. The van der Waals surface area contributed by atoms with Crippen molar-refractivity contribution in [2.75, 3.05) is 6.54 Å². The van der Waals surface area contributed by atoms with Crippen LogP contribution in [0.1, 0.15) is 29.9 Å². The Morgan fingerprint density at radius 2 is 1.86 bits per heavy atom. The van der Waals surface area contributed by atoms with E-state index in [9.17, 15) is 0 Å². The number of rotatable bonds is 4. The van der Waals surface area contributed by atoms with Crippen LogP contribution in [-0.4, -0.2) is 6.54 Å². The van der Waals surface area contributed by atoms with Crippen LogP contribution in [0.3, 0.4) is 0 Å². The van der Waals surface area contributed by atoms with E-state index in [1.165, 1.54) is 11.1 Å². The molecule has 2 nitrogen and oxygen atoms in total. The minimum Gasteiger partial charge on any atom is -0.459 e. The van der Waals surface area contributed by atoms with Gasteiger partial charge in [0.2, 0.25) is 0 Å². The highest BCUT2D eigenvalue weighted by Gasteiger charge is 2.17. The SMILES string of the molecule is CCNC(c1ccc(Br)cc1)c1cc2cc(C)ccc2o1. The summed E-state index contributed by atoms with van der Waals surface area (Å²) in [5, 5.41) is 4.66. The first kappa shape index (κ1) is 14.4. The van der Waals surface area contributed by atoms with Gasteiger partial charge in [0.15, 0.2) is 0 Å². The van der Waals surface area contributed by atoms with Gasteiger partial charge >= 0.3 is 0 Å². The van der Waals surface area contributed by atoms with Crippen molar-refractivity contribution in [3.05, 3.63) is 69.9 Å². The molecule has 0 aliphatic heterocycles. The maximum atomic E-state index is 6.05. The second-order valence-corrected chi connectivity index (χ2v) is 6.15. The number of halogens is 1. The third-order valence-electron chi connectivity index (χ3n) is 3.59. The molecule has 0 radical (unpaired) electrons. The number of hydrogen-bond acceptors (Lipinski definition) is 2. The Morgan fingerprint density at radius 1 is 1.10 bits per heavy atom. The molecular formula is C18H18BrNO. The lowest BCUT2D eigenvalue weighted by atomic mass is 10.0. The first-order valence-electron chi connectivity index (χ1n) is 7.16. The van der Waals surface area contributed by atoms with Crippen molar-refractivity contribution in [3.63, 3.8) is 0 Å². The summed E-state index contributed by atoms with van der Waals surface area (Å²) in [5.41, 5.74) is 3.39. The van der Waals surface area contributed by atoms with E-state index in [1.54, 1.807) is 0 Å². The first-order chi connectivity index (χ1) is 10.2. The van der Waals surface area contributed by atoms with Crippen molar-refractivity contribution in [2.24, 2.45) is 0 Å². The normalized spacial score (nSPS) is 12.7. The molecule has 21 heavy (non-hydrogen) atoms. The van der Waals surface area contributed by atoms with Gasteiger partial charge in [0.05, 0.1) is 6.04 Å². The summed E-state index contributed by atoms with van der Waals surface area (Å²) in [7, 11) is 0. The van der Waals surface area contributed by atoms with Gasteiger partial charge in [-0.3, -0.25) is 0 Å². The predicted octanol–water partition coefficient (Wildman–Crippen LogP) is 5.20. The molecule has 0 saturated heterocycles. The summed E-state index contributed by atoms with van der Waals surface area (Å²) < 4.78 is 7.13. The highest BCUT2D eigenvalue weighted by atomic mass is 79.9. The highest BCUT2D eigenvalue weighted by molar-refractivity contribution is 9.10. The minimum atomic E-state index is 0.0795. The molecule has 0 spiro atoms. The van der Waals surface area contributed by atoms with E-state index in [0.717, 1.165) is 27.7 Å². The van der Waals surface area contributed by atoms with E-state index >= 15 is 0 Å². The van der Waals surface area contributed by atoms with Crippen LogP contribution in [-0.2, 0) is 0 Å². The predicted molar refractivity (Wildman–Crippen MR) is 90.6 cm³/mol. The molecule has 0 amide bonds. The van der Waals surface area contributed by atoms with Crippen LogP contribution in [0.15, 0.2) is 57.4 Å². The fourth-order valence-electron chi connectivity index (χ4n) is 2.57. The molecule has 0 aliphatic rings. The zero-order chi connectivity index (χ0) is 14.8. The van der Waals surface area contributed by atoms with Crippen LogP contribution in [0.4, 0.5) is 0 Å². The Bertz CT molecular complexity index is 746. The van der Waals surface area contributed by atoms with Gasteiger partial charge < -0.3 is 9.73 Å². The fraction of sp³-hybridized carbons (Fsp3) is 0.222. The fourth-order valence-corrected chi connectivity index (χ4v) is 2.83. The number of benzene rings is 2. The third-order valence-corrected chi connectivity index (χ3v) is 4.12. The van der Waals surface area contributed by atoms with Gasteiger partial charge in [-0.15, -0.1) is 0 Å². The summed E-state index contributed by atoms with van der Waals surface area (Å²) in [6, 6.07) is 16.9. The molecule has 2 aromatic carbocycles. The number of hydrogen-bond donors (Lipinski definition) is 1. The zero-order valence-electron chi connectivity index (χ0n) is 12.2. The quantitative estimate of drug-likeness (QED) is 0.703. The van der Waals surface area contributed by atoms with Crippen LogP contribution >= 0.6 is 15.9 Å². The van der Waals surface area contributed by atoms with E-state index in [2.05, 4.69) is 77.6 Å². The van der Waals surface area contributed by atoms with Crippen molar-refractivity contribution >= 4 is 26.9 Å². The van der Waals surface area contributed by atoms with Crippen LogP contribution in [0.25, 0.3) is 11.0 Å². The molecule has 3 aromatic rings. The van der Waals surface area contributed by atoms with Gasteiger partial charge in [-0.05, 0) is 49.4 Å². The van der Waals surface area contributed by atoms with Gasteiger partial charge in [0, 0.05) is 9.86 Å². The molecule has 0 bridgehead atoms. The van der Waals surface area contributed by atoms with Gasteiger partial charge in [-0.1, -0.05) is 46.6 Å². The summed E-state index contributed by atoms with van der Waals surface area (Å²) in [4.78, 5) is 0. The number of furan rings is 1. The number of aryl methyl sites for hydroxylation is 1. The molecule has 0 aliphatic carbocycles. The Balaban J connectivity index is 2.04. The summed E-state index contributed by atoms with van der Waals surface area (Å²) in [5.74, 6) is 0.958. The maximum absolute atomic E-state index is 6.05. The standard InChI is InChI=1S/C18H18BrNO/c1-3-20-18(13-5-7-15(19)8-6-13)17-11-14-10-12(2)4-9-16(14)21-17/h4-11,18,20H,3H2,1-2H3. The molecule has 1 unspecified atom stereocenters. The number of nitrogens with one attached hydrogen (secondary N) is 1. The van der Waals surface area contributed by atoms with Crippen LogP contribution in [0.5, 0.6) is 0 Å². The lowest BCUT2D eigenvalue weighted by Gasteiger charge is -2.16. The second-order valence-electron chi connectivity index (χ2n) is 5.23. The Morgan fingerprint density at radius 3 is 2.57 bits per heavy atom. The van der Waals surface area contributed by atoms with E-state index < -0.39 is 0 Å². The number of fused-ring (bicyclic) bond motifs is 1. The maximum Gasteiger partial charge on any atom is 0.134 e. The lowest BCUT2D eigenvalue weighted by molar-refractivity contribution is 0.477. The van der Waals surface area contributed by atoms with Crippen LogP contribution in [0, 0.1) is 6.92 Å². The molecule has 1 N–H and O–H groups in total. The van der Waals surface area contributed by atoms with Crippen molar-refractivity contribution in [1.82, 2.24) is 5.32 Å². The van der Waals surface area contributed by atoms with E-state index in [0.29, 0.717) is 0 Å². The van der Waals surface area contributed by atoms with E-state index in [4.69, 9.17) is 4.42 Å². The van der Waals surface area contributed by atoms with Crippen LogP contribution in [0.2, 0.25) is 0 Å². The van der Waals surface area contributed by atoms with Gasteiger partial charge in [-0.25, -0.2) is 0 Å². The van der Waals surface area contributed by atoms with Crippen molar-refractivity contribution in [2.45, 2.75) is 19.9 Å². The Labute approximate surface area is 133 Å². The minimum absolute atomic E-state index is 0.0795. The van der Waals surface area contributed by atoms with Crippen molar-refractivity contribution in [3.8, 4) is 0 Å². The molecule has 0 saturated carbocycles. The topological polar surface area (TPSA) is 25.2 Å². The summed E-state index contributed by atoms with van der Waals surface area (Å²) in [6.07, 6.45) is 0. The van der Waals surface area contributed by atoms with Crippen LogP contribution < -0.4 is 5.32 Å². The molecule has 0 fully saturated rings. The summed E-state index contributed by atoms with van der Waals surface area (Å²) in [6.45, 7) is 5.10. The monoisotopic (exact) mass is 343 g/mol. The molecule has 1 aromatic heterocycles. The van der Waals surface area contributed by atoms with Crippen molar-refractivity contribution in [1.29, 1.82) is 0 Å². The second kappa shape index (κ2) is 6.04. The third kappa shape index (κ3) is 3.04. The molecule has 3 heteroatoms.